The van der Waals surface area contributed by atoms with E-state index in [2.05, 4.69) is 5.10 Å². The SMILES string of the molecule is COC(=O)c1ccc2c(c1)CCN2C(=O)Cc1c(C)nn(-c2ccc(F)cc2)c1C. The quantitative estimate of drug-likeness (QED) is 0.621. The number of aromatic nitrogens is 2. The molecule has 0 aliphatic carbocycles. The van der Waals surface area contributed by atoms with Gasteiger partial charge in [0.2, 0.25) is 5.91 Å². The molecule has 0 N–H and O–H groups in total. The van der Waals surface area contributed by atoms with Crippen LogP contribution in [-0.2, 0) is 22.4 Å². The van der Waals surface area contributed by atoms with Crippen LogP contribution in [0.2, 0.25) is 0 Å². The lowest BCUT2D eigenvalue weighted by atomic mass is 10.1. The Hall–Kier alpha value is -3.48. The van der Waals surface area contributed by atoms with Gasteiger partial charge in [-0.25, -0.2) is 13.9 Å². The van der Waals surface area contributed by atoms with E-state index in [9.17, 15) is 14.0 Å². The molecule has 1 aromatic heterocycles. The lowest BCUT2D eigenvalue weighted by molar-refractivity contribution is -0.117. The Morgan fingerprint density at radius 1 is 1.13 bits per heavy atom. The molecule has 0 bridgehead atoms. The van der Waals surface area contributed by atoms with Crippen LogP contribution in [0.1, 0.15) is 32.9 Å². The average molecular weight is 407 g/mol. The molecule has 2 aromatic carbocycles. The van der Waals surface area contributed by atoms with Crippen LogP contribution in [0.5, 0.6) is 0 Å². The summed E-state index contributed by atoms with van der Waals surface area (Å²) in [6.07, 6.45) is 0.912. The number of aryl methyl sites for hydroxylation is 1. The smallest absolute Gasteiger partial charge is 0.337 e. The maximum atomic E-state index is 13.2. The van der Waals surface area contributed by atoms with Crippen molar-refractivity contribution in [3.8, 4) is 5.69 Å². The van der Waals surface area contributed by atoms with E-state index in [1.54, 1.807) is 39.9 Å². The molecule has 0 saturated heterocycles. The van der Waals surface area contributed by atoms with Gasteiger partial charge in [-0.05, 0) is 68.3 Å². The number of esters is 1. The van der Waals surface area contributed by atoms with E-state index in [1.807, 2.05) is 13.8 Å². The van der Waals surface area contributed by atoms with Crippen LogP contribution in [0.15, 0.2) is 42.5 Å². The Labute approximate surface area is 173 Å². The van der Waals surface area contributed by atoms with Gasteiger partial charge in [0.15, 0.2) is 0 Å². The number of anilines is 1. The van der Waals surface area contributed by atoms with Gasteiger partial charge in [-0.2, -0.15) is 5.10 Å². The molecule has 0 fully saturated rings. The first-order valence-corrected chi connectivity index (χ1v) is 9.71. The number of carbonyl (C=O) groups excluding carboxylic acids is 2. The highest BCUT2D eigenvalue weighted by Gasteiger charge is 2.27. The van der Waals surface area contributed by atoms with E-state index >= 15 is 0 Å². The normalized spacial score (nSPS) is 12.7. The van der Waals surface area contributed by atoms with Crippen molar-refractivity contribution in [2.45, 2.75) is 26.7 Å². The van der Waals surface area contributed by atoms with Gasteiger partial charge >= 0.3 is 5.97 Å². The fraction of sp³-hybridized carbons (Fsp3) is 0.261. The van der Waals surface area contributed by atoms with Crippen LogP contribution in [0.4, 0.5) is 10.1 Å². The third-order valence-electron chi connectivity index (χ3n) is 5.54. The van der Waals surface area contributed by atoms with Crippen LogP contribution >= 0.6 is 0 Å². The predicted octanol–water partition coefficient (Wildman–Crippen LogP) is 3.55. The molecule has 4 rings (SSSR count). The summed E-state index contributed by atoms with van der Waals surface area (Å²) in [6.45, 7) is 4.35. The van der Waals surface area contributed by atoms with Gasteiger partial charge in [0.05, 0.1) is 30.5 Å². The van der Waals surface area contributed by atoms with Gasteiger partial charge in [-0.3, -0.25) is 4.79 Å². The second-order valence-corrected chi connectivity index (χ2v) is 7.34. The minimum Gasteiger partial charge on any atom is -0.465 e. The maximum Gasteiger partial charge on any atom is 0.337 e. The van der Waals surface area contributed by atoms with E-state index in [0.29, 0.717) is 18.5 Å². The highest BCUT2D eigenvalue weighted by Crippen LogP contribution is 2.30. The summed E-state index contributed by atoms with van der Waals surface area (Å²) in [5.41, 5.74) is 5.51. The first kappa shape index (κ1) is 19.8. The van der Waals surface area contributed by atoms with E-state index in [-0.39, 0.29) is 24.1 Å². The molecule has 1 amide bonds. The lowest BCUT2D eigenvalue weighted by Crippen LogP contribution is -2.30. The number of methoxy groups -OCH3 is 1. The van der Waals surface area contributed by atoms with Crippen LogP contribution in [0.3, 0.4) is 0 Å². The van der Waals surface area contributed by atoms with E-state index in [0.717, 1.165) is 33.9 Å². The van der Waals surface area contributed by atoms with Crippen molar-refractivity contribution >= 4 is 17.6 Å². The number of rotatable bonds is 4. The number of benzene rings is 2. The first-order chi connectivity index (χ1) is 14.4. The second-order valence-electron chi connectivity index (χ2n) is 7.34. The summed E-state index contributed by atoms with van der Waals surface area (Å²) in [7, 11) is 1.35. The van der Waals surface area contributed by atoms with Gasteiger partial charge in [-0.1, -0.05) is 0 Å². The van der Waals surface area contributed by atoms with Crippen LogP contribution in [0, 0.1) is 19.7 Å². The first-order valence-electron chi connectivity index (χ1n) is 9.71. The third kappa shape index (κ3) is 3.47. The third-order valence-corrected chi connectivity index (χ3v) is 5.54. The highest BCUT2D eigenvalue weighted by molar-refractivity contribution is 5.98. The molecule has 1 aliphatic rings. The number of amides is 1. The number of nitrogens with zero attached hydrogens (tertiary/aromatic N) is 3. The molecule has 0 unspecified atom stereocenters. The Balaban J connectivity index is 1.57. The minimum absolute atomic E-state index is 0.0237. The van der Waals surface area contributed by atoms with Gasteiger partial charge < -0.3 is 9.64 Å². The van der Waals surface area contributed by atoms with Gasteiger partial charge in [-0.15, -0.1) is 0 Å². The highest BCUT2D eigenvalue weighted by atomic mass is 19.1. The molecule has 6 nitrogen and oxygen atoms in total. The number of fused-ring (bicyclic) bond motifs is 1. The fourth-order valence-electron chi connectivity index (χ4n) is 3.92. The number of hydrogen-bond acceptors (Lipinski definition) is 4. The van der Waals surface area contributed by atoms with Gasteiger partial charge in [0, 0.05) is 23.5 Å². The standard InChI is InChI=1S/C23H22FN3O3/c1-14-20(15(2)27(25-14)19-7-5-18(24)6-8-19)13-22(28)26-11-10-16-12-17(23(29)30-3)4-9-21(16)26/h4-9,12H,10-11,13H2,1-3H3. The molecule has 1 aliphatic heterocycles. The predicted molar refractivity (Wildman–Crippen MR) is 111 cm³/mol. The van der Waals surface area contributed by atoms with Crippen molar-refractivity contribution in [2.75, 3.05) is 18.6 Å². The summed E-state index contributed by atoms with van der Waals surface area (Å²) in [5.74, 6) is -0.717. The zero-order chi connectivity index (χ0) is 21.4. The number of halogens is 1. The summed E-state index contributed by atoms with van der Waals surface area (Å²) < 4.78 is 19.7. The molecule has 7 heteroatoms. The zero-order valence-corrected chi connectivity index (χ0v) is 17.1. The fourth-order valence-corrected chi connectivity index (χ4v) is 3.92. The van der Waals surface area contributed by atoms with Gasteiger partial charge in [0.1, 0.15) is 5.82 Å². The van der Waals surface area contributed by atoms with Crippen LogP contribution < -0.4 is 4.90 Å². The van der Waals surface area contributed by atoms with E-state index in [4.69, 9.17) is 4.74 Å². The molecular formula is C23H22FN3O3. The Morgan fingerprint density at radius 2 is 1.87 bits per heavy atom. The van der Waals surface area contributed by atoms with Crippen LogP contribution in [0.25, 0.3) is 5.69 Å². The monoisotopic (exact) mass is 407 g/mol. The Bertz CT molecular complexity index is 1140. The summed E-state index contributed by atoms with van der Waals surface area (Å²) >= 11 is 0. The zero-order valence-electron chi connectivity index (χ0n) is 17.1. The maximum absolute atomic E-state index is 13.2. The lowest BCUT2D eigenvalue weighted by Gasteiger charge is -2.18. The topological polar surface area (TPSA) is 64.4 Å². The van der Waals surface area contributed by atoms with Crippen molar-refractivity contribution in [2.24, 2.45) is 0 Å². The van der Waals surface area contributed by atoms with Crippen molar-refractivity contribution in [1.82, 2.24) is 9.78 Å². The summed E-state index contributed by atoms with van der Waals surface area (Å²) in [5, 5.41) is 4.55. The number of carbonyl (C=O) groups is 2. The van der Waals surface area contributed by atoms with Crippen molar-refractivity contribution in [1.29, 1.82) is 0 Å². The molecule has 2 heterocycles. The number of ether oxygens (including phenoxy) is 1. The average Bonchev–Trinajstić information content (AvgIpc) is 3.29. The minimum atomic E-state index is -0.387. The van der Waals surface area contributed by atoms with Crippen molar-refractivity contribution in [3.63, 3.8) is 0 Å². The molecule has 0 saturated carbocycles. The molecule has 154 valence electrons. The Kier molecular flexibility index (Phi) is 5.11. The van der Waals surface area contributed by atoms with E-state index < -0.39 is 0 Å². The number of hydrogen-bond donors (Lipinski definition) is 0. The molecule has 30 heavy (non-hydrogen) atoms. The molecule has 0 atom stereocenters. The molecule has 3 aromatic rings. The Morgan fingerprint density at radius 3 is 2.57 bits per heavy atom. The van der Waals surface area contributed by atoms with E-state index in [1.165, 1.54) is 19.2 Å². The summed E-state index contributed by atoms with van der Waals surface area (Å²) in [4.78, 5) is 26.6. The molecule has 0 spiro atoms. The second kappa shape index (κ2) is 7.74. The van der Waals surface area contributed by atoms with Crippen LogP contribution in [-0.4, -0.2) is 35.3 Å². The van der Waals surface area contributed by atoms with Crippen molar-refractivity contribution < 1.29 is 18.7 Å². The molecule has 0 radical (unpaired) electrons. The van der Waals surface area contributed by atoms with Crippen molar-refractivity contribution in [3.05, 3.63) is 76.4 Å². The van der Waals surface area contributed by atoms with Gasteiger partial charge in [0.25, 0.3) is 0 Å². The molecular weight excluding hydrogens is 385 g/mol. The summed E-state index contributed by atoms with van der Waals surface area (Å²) in [6, 6.07) is 11.4. The largest absolute Gasteiger partial charge is 0.465 e.